The number of thioether (sulfide) groups is 1. The third kappa shape index (κ3) is 3.45. The van der Waals surface area contributed by atoms with Crippen molar-refractivity contribution in [3.63, 3.8) is 0 Å². The van der Waals surface area contributed by atoms with E-state index in [1.54, 1.807) is 11.8 Å². The monoisotopic (exact) mass is 191 g/mol. The van der Waals surface area contributed by atoms with Crippen molar-refractivity contribution >= 4 is 17.7 Å². The number of carbonyl (C=O) groups is 1. The molecule has 0 aromatic rings. The normalized spacial score (nSPS) is 15.6. The maximum atomic E-state index is 10.8. The summed E-state index contributed by atoms with van der Waals surface area (Å²) < 4.78 is 0. The minimum Gasteiger partial charge on any atom is -0.480 e. The van der Waals surface area contributed by atoms with Gasteiger partial charge < -0.3 is 10.8 Å². The van der Waals surface area contributed by atoms with E-state index in [2.05, 4.69) is 0 Å². The van der Waals surface area contributed by atoms with Crippen LogP contribution in [0.4, 0.5) is 0 Å². The van der Waals surface area contributed by atoms with Crippen molar-refractivity contribution in [1.82, 2.24) is 0 Å². The molecule has 4 heteroatoms. The molecule has 0 saturated heterocycles. The Morgan fingerprint density at radius 3 is 2.50 bits per heavy atom. The van der Waals surface area contributed by atoms with Gasteiger partial charge in [-0.2, -0.15) is 11.8 Å². The lowest BCUT2D eigenvalue weighted by atomic mass is 9.92. The van der Waals surface area contributed by atoms with E-state index in [9.17, 15) is 4.79 Å². The summed E-state index contributed by atoms with van der Waals surface area (Å²) in [5.74, 6) is -0.0681. The van der Waals surface area contributed by atoms with Crippen molar-refractivity contribution in [3.05, 3.63) is 0 Å². The lowest BCUT2D eigenvalue weighted by Crippen LogP contribution is -2.48. The molecule has 72 valence electrons. The number of rotatable bonds is 6. The maximum Gasteiger partial charge on any atom is 0.323 e. The van der Waals surface area contributed by atoms with Crippen molar-refractivity contribution < 1.29 is 9.90 Å². The largest absolute Gasteiger partial charge is 0.480 e. The molecule has 0 aromatic heterocycles. The van der Waals surface area contributed by atoms with Gasteiger partial charge in [-0.3, -0.25) is 4.79 Å². The molecule has 0 bridgehead atoms. The Morgan fingerprint density at radius 2 is 2.17 bits per heavy atom. The Morgan fingerprint density at radius 1 is 1.58 bits per heavy atom. The van der Waals surface area contributed by atoms with E-state index in [1.807, 2.05) is 13.2 Å². The second-order valence-corrected chi connectivity index (χ2v) is 3.94. The molecule has 0 aliphatic heterocycles. The fourth-order valence-electron chi connectivity index (χ4n) is 1.07. The highest BCUT2D eigenvalue weighted by Gasteiger charge is 2.31. The van der Waals surface area contributed by atoms with Gasteiger partial charge in [0.1, 0.15) is 5.54 Å². The number of carboxylic acid groups (broad SMARTS) is 1. The molecular weight excluding hydrogens is 174 g/mol. The zero-order chi connectivity index (χ0) is 9.61. The highest BCUT2D eigenvalue weighted by molar-refractivity contribution is 7.98. The molecule has 0 aromatic carbocycles. The molecule has 0 rings (SSSR count). The molecular formula is C8H17NO2S. The fourth-order valence-corrected chi connectivity index (χ4v) is 1.64. The first-order valence-corrected chi connectivity index (χ1v) is 5.47. The molecule has 0 spiro atoms. The van der Waals surface area contributed by atoms with Gasteiger partial charge in [-0.05, 0) is 24.9 Å². The summed E-state index contributed by atoms with van der Waals surface area (Å²) in [6, 6.07) is 0. The van der Waals surface area contributed by atoms with Crippen LogP contribution in [0.1, 0.15) is 26.2 Å². The van der Waals surface area contributed by atoms with E-state index in [0.717, 1.165) is 12.2 Å². The quantitative estimate of drug-likeness (QED) is 0.664. The van der Waals surface area contributed by atoms with E-state index < -0.39 is 11.5 Å². The van der Waals surface area contributed by atoms with E-state index >= 15 is 0 Å². The summed E-state index contributed by atoms with van der Waals surface area (Å²) in [5.41, 5.74) is 4.72. The third-order valence-electron chi connectivity index (χ3n) is 1.87. The van der Waals surface area contributed by atoms with Gasteiger partial charge >= 0.3 is 5.97 Å². The Hall–Kier alpha value is -0.220. The summed E-state index contributed by atoms with van der Waals surface area (Å²) in [7, 11) is 0. The van der Waals surface area contributed by atoms with Crippen LogP contribution in [0.15, 0.2) is 0 Å². The van der Waals surface area contributed by atoms with Gasteiger partial charge in [0.25, 0.3) is 0 Å². The molecule has 1 atom stereocenters. The Balaban J connectivity index is 4.08. The van der Waals surface area contributed by atoms with Crippen LogP contribution < -0.4 is 5.73 Å². The molecule has 0 aliphatic rings. The van der Waals surface area contributed by atoms with Crippen LogP contribution >= 0.6 is 11.8 Å². The van der Waals surface area contributed by atoms with Crippen LogP contribution in [0.3, 0.4) is 0 Å². The van der Waals surface area contributed by atoms with Gasteiger partial charge in [-0.15, -0.1) is 0 Å². The molecule has 0 heterocycles. The van der Waals surface area contributed by atoms with Crippen LogP contribution in [-0.2, 0) is 4.79 Å². The lowest BCUT2D eigenvalue weighted by molar-refractivity contribution is -0.143. The summed E-state index contributed by atoms with van der Waals surface area (Å²) >= 11 is 1.63. The number of carboxylic acids is 1. The lowest BCUT2D eigenvalue weighted by Gasteiger charge is -2.23. The number of aliphatic carboxylic acids is 1. The third-order valence-corrected chi connectivity index (χ3v) is 2.49. The van der Waals surface area contributed by atoms with Crippen LogP contribution in [0.25, 0.3) is 0 Å². The molecule has 0 aliphatic carbocycles. The van der Waals surface area contributed by atoms with Crippen molar-refractivity contribution in [2.45, 2.75) is 31.7 Å². The van der Waals surface area contributed by atoms with Gasteiger partial charge in [0.05, 0.1) is 0 Å². The molecule has 0 saturated carbocycles. The Bertz CT molecular complexity index is 152. The average molecular weight is 191 g/mol. The number of hydrogen-bond donors (Lipinski definition) is 2. The van der Waals surface area contributed by atoms with Crippen LogP contribution in [0.2, 0.25) is 0 Å². The maximum absolute atomic E-state index is 10.8. The van der Waals surface area contributed by atoms with Crippen molar-refractivity contribution in [2.24, 2.45) is 5.73 Å². The predicted octanol–water partition coefficient (Wildman–Crippen LogP) is 1.32. The van der Waals surface area contributed by atoms with Crippen molar-refractivity contribution in [1.29, 1.82) is 0 Å². The fraction of sp³-hybridized carbons (Fsp3) is 0.875. The van der Waals surface area contributed by atoms with Crippen LogP contribution in [-0.4, -0.2) is 28.6 Å². The molecule has 3 nitrogen and oxygen atoms in total. The Kier molecular flexibility index (Phi) is 5.33. The zero-order valence-electron chi connectivity index (χ0n) is 7.67. The first-order chi connectivity index (χ1) is 5.56. The number of hydrogen-bond acceptors (Lipinski definition) is 3. The molecule has 1 unspecified atom stereocenters. The summed E-state index contributed by atoms with van der Waals surface area (Å²) in [5, 5.41) is 8.86. The topological polar surface area (TPSA) is 63.3 Å². The summed E-state index contributed by atoms with van der Waals surface area (Å²) in [6.07, 6.45) is 3.88. The minimum absolute atomic E-state index is 0.553. The van der Waals surface area contributed by atoms with Crippen molar-refractivity contribution in [3.8, 4) is 0 Å². The summed E-state index contributed by atoms with van der Waals surface area (Å²) in [6.45, 7) is 1.95. The minimum atomic E-state index is -1.00. The van der Waals surface area contributed by atoms with E-state index in [4.69, 9.17) is 10.8 Å². The molecule has 0 radical (unpaired) electrons. The summed E-state index contributed by atoms with van der Waals surface area (Å²) in [4.78, 5) is 10.8. The number of nitrogens with two attached hydrogens (primary N) is 1. The second-order valence-electron chi connectivity index (χ2n) is 2.95. The first kappa shape index (κ1) is 11.8. The Labute approximate surface area is 77.7 Å². The first-order valence-electron chi connectivity index (χ1n) is 4.08. The van der Waals surface area contributed by atoms with E-state index in [1.165, 1.54) is 0 Å². The zero-order valence-corrected chi connectivity index (χ0v) is 8.49. The van der Waals surface area contributed by atoms with Gasteiger partial charge in [-0.1, -0.05) is 13.3 Å². The standard InChI is InChI=1S/C8H17NO2S/c1-3-4-8(9,7(10)11)5-6-12-2/h3-6,9H2,1-2H3,(H,10,11). The molecule has 3 N–H and O–H groups in total. The predicted molar refractivity (Wildman–Crippen MR) is 52.5 cm³/mol. The molecule has 0 fully saturated rings. The highest BCUT2D eigenvalue weighted by Crippen LogP contribution is 2.16. The van der Waals surface area contributed by atoms with Gasteiger partial charge in [0.15, 0.2) is 0 Å². The van der Waals surface area contributed by atoms with Gasteiger partial charge in [0.2, 0.25) is 0 Å². The highest BCUT2D eigenvalue weighted by atomic mass is 32.2. The van der Waals surface area contributed by atoms with E-state index in [-0.39, 0.29) is 0 Å². The smallest absolute Gasteiger partial charge is 0.323 e. The van der Waals surface area contributed by atoms with Crippen LogP contribution in [0, 0.1) is 0 Å². The van der Waals surface area contributed by atoms with Crippen LogP contribution in [0.5, 0.6) is 0 Å². The average Bonchev–Trinajstić information content (AvgIpc) is 2.01. The van der Waals surface area contributed by atoms with Crippen molar-refractivity contribution in [2.75, 3.05) is 12.0 Å². The molecule has 0 amide bonds. The van der Waals surface area contributed by atoms with Gasteiger partial charge in [0, 0.05) is 0 Å². The van der Waals surface area contributed by atoms with E-state index in [0.29, 0.717) is 12.8 Å². The molecule has 12 heavy (non-hydrogen) atoms. The second kappa shape index (κ2) is 5.43. The SMILES string of the molecule is CCCC(N)(CCSC)C(=O)O. The van der Waals surface area contributed by atoms with Gasteiger partial charge in [-0.25, -0.2) is 0 Å².